The molecule has 0 spiro atoms. The molecule has 0 aromatic heterocycles. The van der Waals surface area contributed by atoms with Gasteiger partial charge in [0.15, 0.2) is 0 Å². The second-order valence-corrected chi connectivity index (χ2v) is 3.99. The van der Waals surface area contributed by atoms with E-state index in [1.807, 2.05) is 6.92 Å². The van der Waals surface area contributed by atoms with Crippen molar-refractivity contribution < 1.29 is 14.0 Å². The molecule has 3 N–H and O–H groups in total. The minimum absolute atomic E-state index is 0.0158. The molecule has 1 aliphatic heterocycles. The Hall–Kier alpha value is -1.95. The van der Waals surface area contributed by atoms with E-state index < -0.39 is 11.9 Å². The molecule has 1 unspecified atom stereocenters. The molecule has 0 radical (unpaired) electrons. The van der Waals surface area contributed by atoms with Gasteiger partial charge in [-0.2, -0.15) is 0 Å². The Morgan fingerprint density at radius 1 is 1.50 bits per heavy atom. The Morgan fingerprint density at radius 3 is 3.00 bits per heavy atom. The first kappa shape index (κ1) is 12.5. The standard InChI is InChI=1S/C12H14FN3O2/c1-2-14-10(17)6-15-11-8-5-7(13)3-4-9(8)16-12(11)18/h3-5,11,15H,2,6H2,1H3,(H,14,17)(H,16,18). The van der Waals surface area contributed by atoms with Gasteiger partial charge in [-0.3, -0.25) is 14.9 Å². The fourth-order valence-corrected chi connectivity index (χ4v) is 1.89. The molecule has 0 aliphatic carbocycles. The molecule has 1 atom stereocenters. The highest BCUT2D eigenvalue weighted by atomic mass is 19.1. The van der Waals surface area contributed by atoms with Crippen LogP contribution in [0.5, 0.6) is 0 Å². The molecule has 1 aromatic rings. The molecule has 1 aromatic carbocycles. The summed E-state index contributed by atoms with van der Waals surface area (Å²) in [5.41, 5.74) is 1.11. The van der Waals surface area contributed by atoms with Gasteiger partial charge in [-0.1, -0.05) is 0 Å². The summed E-state index contributed by atoms with van der Waals surface area (Å²) in [4.78, 5) is 23.0. The smallest absolute Gasteiger partial charge is 0.246 e. The lowest BCUT2D eigenvalue weighted by Crippen LogP contribution is -2.37. The van der Waals surface area contributed by atoms with Crippen molar-refractivity contribution in [3.05, 3.63) is 29.6 Å². The Bertz CT molecular complexity index is 490. The van der Waals surface area contributed by atoms with Crippen molar-refractivity contribution in [1.29, 1.82) is 0 Å². The van der Waals surface area contributed by atoms with E-state index in [4.69, 9.17) is 0 Å². The molecule has 1 heterocycles. The largest absolute Gasteiger partial charge is 0.355 e. The molecule has 0 bridgehead atoms. The normalized spacial score (nSPS) is 17.2. The van der Waals surface area contributed by atoms with Crippen LogP contribution in [-0.4, -0.2) is 24.9 Å². The molecule has 5 nitrogen and oxygen atoms in total. The van der Waals surface area contributed by atoms with E-state index in [0.717, 1.165) is 0 Å². The molecule has 0 saturated carbocycles. The van der Waals surface area contributed by atoms with E-state index in [-0.39, 0.29) is 18.4 Å². The number of amides is 2. The topological polar surface area (TPSA) is 70.2 Å². The molecule has 2 rings (SSSR count). The van der Waals surface area contributed by atoms with Crippen molar-refractivity contribution in [2.45, 2.75) is 13.0 Å². The number of benzene rings is 1. The SMILES string of the molecule is CCNC(=O)CNC1C(=O)Nc2ccc(F)cc21. The summed E-state index contributed by atoms with van der Waals surface area (Å²) in [5.74, 6) is -0.884. The molecule has 96 valence electrons. The van der Waals surface area contributed by atoms with Gasteiger partial charge in [-0.25, -0.2) is 4.39 Å². The quantitative estimate of drug-likeness (QED) is 0.731. The average Bonchev–Trinajstić information content (AvgIpc) is 2.62. The van der Waals surface area contributed by atoms with Crippen LogP contribution in [0.25, 0.3) is 0 Å². The Labute approximate surface area is 104 Å². The number of rotatable bonds is 4. The average molecular weight is 251 g/mol. The highest BCUT2D eigenvalue weighted by Gasteiger charge is 2.30. The predicted molar refractivity (Wildman–Crippen MR) is 64.5 cm³/mol. The Kier molecular flexibility index (Phi) is 3.57. The number of hydrogen-bond donors (Lipinski definition) is 3. The maximum Gasteiger partial charge on any atom is 0.246 e. The third-order valence-corrected chi connectivity index (χ3v) is 2.69. The first-order valence-corrected chi connectivity index (χ1v) is 5.72. The summed E-state index contributed by atoms with van der Waals surface area (Å²) in [6, 6.07) is 3.41. The highest BCUT2D eigenvalue weighted by Crippen LogP contribution is 2.30. The van der Waals surface area contributed by atoms with Crippen LogP contribution in [-0.2, 0) is 9.59 Å². The van der Waals surface area contributed by atoms with Crippen LogP contribution in [0.1, 0.15) is 18.5 Å². The lowest BCUT2D eigenvalue weighted by atomic mass is 10.1. The van der Waals surface area contributed by atoms with Gasteiger partial charge < -0.3 is 10.6 Å². The van der Waals surface area contributed by atoms with Crippen LogP contribution >= 0.6 is 0 Å². The van der Waals surface area contributed by atoms with E-state index >= 15 is 0 Å². The Balaban J connectivity index is 2.08. The van der Waals surface area contributed by atoms with Gasteiger partial charge in [0.25, 0.3) is 0 Å². The molecule has 0 fully saturated rings. The first-order chi connectivity index (χ1) is 8.61. The molecular formula is C12H14FN3O2. The number of fused-ring (bicyclic) bond motifs is 1. The van der Waals surface area contributed by atoms with Gasteiger partial charge in [0.05, 0.1) is 6.54 Å². The van der Waals surface area contributed by atoms with E-state index in [2.05, 4.69) is 16.0 Å². The molecule has 2 amide bonds. The van der Waals surface area contributed by atoms with Gasteiger partial charge in [0.1, 0.15) is 11.9 Å². The number of carbonyl (C=O) groups is 2. The van der Waals surface area contributed by atoms with Gasteiger partial charge >= 0.3 is 0 Å². The van der Waals surface area contributed by atoms with Crippen LogP contribution in [0, 0.1) is 5.82 Å². The summed E-state index contributed by atoms with van der Waals surface area (Å²) in [6.45, 7) is 2.36. The summed E-state index contributed by atoms with van der Waals surface area (Å²) >= 11 is 0. The number of likely N-dealkylation sites (N-methyl/N-ethyl adjacent to an activating group) is 1. The minimum Gasteiger partial charge on any atom is -0.355 e. The zero-order valence-electron chi connectivity index (χ0n) is 9.92. The Morgan fingerprint density at radius 2 is 2.28 bits per heavy atom. The van der Waals surface area contributed by atoms with Crippen molar-refractivity contribution >= 4 is 17.5 Å². The zero-order chi connectivity index (χ0) is 13.1. The highest BCUT2D eigenvalue weighted by molar-refractivity contribution is 6.02. The first-order valence-electron chi connectivity index (χ1n) is 5.72. The second kappa shape index (κ2) is 5.14. The van der Waals surface area contributed by atoms with Gasteiger partial charge in [0.2, 0.25) is 11.8 Å². The van der Waals surface area contributed by atoms with Crippen molar-refractivity contribution in [2.75, 3.05) is 18.4 Å². The van der Waals surface area contributed by atoms with Crippen molar-refractivity contribution in [3.63, 3.8) is 0 Å². The maximum absolute atomic E-state index is 13.1. The van der Waals surface area contributed by atoms with Crippen LogP contribution in [0.15, 0.2) is 18.2 Å². The van der Waals surface area contributed by atoms with Crippen molar-refractivity contribution in [3.8, 4) is 0 Å². The summed E-state index contributed by atoms with van der Waals surface area (Å²) in [6.07, 6.45) is 0. The van der Waals surface area contributed by atoms with Crippen molar-refractivity contribution in [1.82, 2.24) is 10.6 Å². The van der Waals surface area contributed by atoms with Gasteiger partial charge in [-0.15, -0.1) is 0 Å². The van der Waals surface area contributed by atoms with E-state index in [1.54, 1.807) is 0 Å². The van der Waals surface area contributed by atoms with Crippen LogP contribution in [0.4, 0.5) is 10.1 Å². The minimum atomic E-state index is -0.682. The second-order valence-electron chi connectivity index (χ2n) is 3.99. The molecular weight excluding hydrogens is 237 g/mol. The number of hydrogen-bond acceptors (Lipinski definition) is 3. The number of halogens is 1. The van der Waals surface area contributed by atoms with Crippen LogP contribution in [0.3, 0.4) is 0 Å². The van der Waals surface area contributed by atoms with E-state index in [1.165, 1.54) is 18.2 Å². The lowest BCUT2D eigenvalue weighted by Gasteiger charge is -2.11. The third kappa shape index (κ3) is 2.48. The van der Waals surface area contributed by atoms with Gasteiger partial charge in [-0.05, 0) is 25.1 Å². The molecule has 0 saturated heterocycles. The molecule has 1 aliphatic rings. The fraction of sp³-hybridized carbons (Fsp3) is 0.333. The summed E-state index contributed by atoms with van der Waals surface area (Å²) < 4.78 is 13.1. The third-order valence-electron chi connectivity index (χ3n) is 2.69. The van der Waals surface area contributed by atoms with E-state index in [0.29, 0.717) is 17.8 Å². The van der Waals surface area contributed by atoms with Crippen molar-refractivity contribution in [2.24, 2.45) is 0 Å². The zero-order valence-corrected chi connectivity index (χ0v) is 9.92. The summed E-state index contributed by atoms with van der Waals surface area (Å²) in [5, 5.41) is 8.05. The lowest BCUT2D eigenvalue weighted by molar-refractivity contribution is -0.121. The van der Waals surface area contributed by atoms with E-state index in [9.17, 15) is 14.0 Å². The monoisotopic (exact) mass is 251 g/mol. The number of anilines is 1. The van der Waals surface area contributed by atoms with Crippen LogP contribution < -0.4 is 16.0 Å². The molecule has 18 heavy (non-hydrogen) atoms. The summed E-state index contributed by atoms with van der Waals surface area (Å²) in [7, 11) is 0. The number of carbonyl (C=O) groups excluding carboxylic acids is 2. The van der Waals surface area contributed by atoms with Gasteiger partial charge in [0, 0.05) is 17.8 Å². The number of nitrogens with one attached hydrogen (secondary N) is 3. The predicted octanol–water partition coefficient (Wildman–Crippen LogP) is 0.545. The maximum atomic E-state index is 13.1. The van der Waals surface area contributed by atoms with Crippen LogP contribution in [0.2, 0.25) is 0 Å². The fourth-order valence-electron chi connectivity index (χ4n) is 1.89. The molecule has 6 heteroatoms.